The van der Waals surface area contributed by atoms with E-state index in [0.29, 0.717) is 0 Å². The molecule has 0 fully saturated rings. The fourth-order valence-corrected chi connectivity index (χ4v) is 3.34. The van der Waals surface area contributed by atoms with Crippen molar-refractivity contribution in [3.05, 3.63) is 45.6 Å². The number of rotatable bonds is 3. The number of thiophene rings is 1. The summed E-state index contributed by atoms with van der Waals surface area (Å²) < 4.78 is 3.10. The first kappa shape index (κ1) is 16.8. The van der Waals surface area contributed by atoms with E-state index in [1.54, 1.807) is 23.3 Å². The number of hydrogen-bond donors (Lipinski definition) is 0. The van der Waals surface area contributed by atoms with Gasteiger partial charge in [-0.3, -0.25) is 8.96 Å². The number of pyridine rings is 1. The molecule has 3 rings (SSSR count). The van der Waals surface area contributed by atoms with E-state index in [2.05, 4.69) is 40.6 Å². The molecule has 0 saturated heterocycles. The first-order valence-corrected chi connectivity index (χ1v) is 7.64. The van der Waals surface area contributed by atoms with E-state index in [-0.39, 0.29) is 24.8 Å². The molecule has 3 aromatic rings. The van der Waals surface area contributed by atoms with Crippen LogP contribution in [0.1, 0.15) is 5.69 Å². The molecule has 3 aromatic heterocycles. The fraction of sp³-hybridized carbons (Fsp3) is 0.0909. The summed E-state index contributed by atoms with van der Waals surface area (Å²) in [5.74, 6) is 0.842. The van der Waals surface area contributed by atoms with Gasteiger partial charge < -0.3 is 0 Å². The van der Waals surface area contributed by atoms with Gasteiger partial charge in [0.15, 0.2) is 0 Å². The standard InChI is InChI=1S/C11H8BrN3S2.2ClH/c12-8-1-2-9(13-3-8)4-17-15-7-14-10-5-16-6-11(10)15;;/h1-3,5-7H,4H2;2*1H. The lowest BCUT2D eigenvalue weighted by molar-refractivity contribution is 1.15. The molecule has 0 aromatic carbocycles. The monoisotopic (exact) mass is 397 g/mol. The van der Waals surface area contributed by atoms with Crippen molar-refractivity contribution in [2.45, 2.75) is 5.75 Å². The lowest BCUT2D eigenvalue weighted by Crippen LogP contribution is -1.89. The lowest BCUT2D eigenvalue weighted by atomic mass is 10.4. The molecule has 0 aliphatic carbocycles. The molecule has 0 N–H and O–H groups in total. The van der Waals surface area contributed by atoms with Crippen LogP contribution in [0.15, 0.2) is 39.9 Å². The third kappa shape index (κ3) is 3.86. The van der Waals surface area contributed by atoms with Gasteiger partial charge in [-0.15, -0.1) is 36.2 Å². The molecule has 0 aliphatic heterocycles. The van der Waals surface area contributed by atoms with Gasteiger partial charge in [-0.2, -0.15) is 0 Å². The lowest BCUT2D eigenvalue weighted by Gasteiger charge is -2.01. The molecule has 19 heavy (non-hydrogen) atoms. The maximum atomic E-state index is 4.35. The maximum Gasteiger partial charge on any atom is 0.106 e. The number of hydrogen-bond acceptors (Lipinski definition) is 4. The first-order valence-electron chi connectivity index (χ1n) is 4.96. The van der Waals surface area contributed by atoms with E-state index in [1.807, 2.05) is 24.7 Å². The third-order valence-corrected chi connectivity index (χ3v) is 4.48. The second-order valence-corrected chi connectivity index (χ2v) is 6.05. The molecule has 0 saturated carbocycles. The Morgan fingerprint density at radius 2 is 2.05 bits per heavy atom. The largest absolute Gasteiger partial charge is 0.271 e. The minimum Gasteiger partial charge on any atom is -0.271 e. The van der Waals surface area contributed by atoms with Gasteiger partial charge in [0, 0.05) is 21.4 Å². The van der Waals surface area contributed by atoms with Crippen LogP contribution in [0.25, 0.3) is 11.0 Å². The third-order valence-electron chi connectivity index (χ3n) is 2.30. The predicted octanol–water partition coefficient (Wildman–Crippen LogP) is 4.80. The molecule has 0 atom stereocenters. The SMILES string of the molecule is Brc1ccc(CSn2cnc3cscc32)nc1.Cl.Cl. The highest BCUT2D eigenvalue weighted by molar-refractivity contribution is 9.10. The van der Waals surface area contributed by atoms with Gasteiger partial charge >= 0.3 is 0 Å². The minimum atomic E-state index is 0. The van der Waals surface area contributed by atoms with Crippen LogP contribution in [-0.4, -0.2) is 13.9 Å². The zero-order chi connectivity index (χ0) is 11.7. The Balaban J connectivity index is 0.000000902. The van der Waals surface area contributed by atoms with Gasteiger partial charge in [-0.05, 0) is 40.0 Å². The molecule has 3 heterocycles. The van der Waals surface area contributed by atoms with Crippen LogP contribution in [-0.2, 0) is 5.75 Å². The zero-order valence-electron chi connectivity index (χ0n) is 9.52. The molecule has 0 spiro atoms. The molecular formula is C11H10BrCl2N3S2. The van der Waals surface area contributed by atoms with Crippen LogP contribution in [0.2, 0.25) is 0 Å². The highest BCUT2D eigenvalue weighted by Crippen LogP contribution is 2.23. The van der Waals surface area contributed by atoms with E-state index < -0.39 is 0 Å². The smallest absolute Gasteiger partial charge is 0.106 e. The average molecular weight is 399 g/mol. The molecule has 0 aliphatic rings. The summed E-state index contributed by atoms with van der Waals surface area (Å²) in [6, 6.07) is 4.04. The zero-order valence-corrected chi connectivity index (χ0v) is 14.4. The van der Waals surface area contributed by atoms with Crippen LogP contribution in [0, 0.1) is 0 Å². The second kappa shape index (κ2) is 7.50. The van der Waals surface area contributed by atoms with Crippen LogP contribution < -0.4 is 0 Å². The number of imidazole rings is 1. The van der Waals surface area contributed by atoms with Crippen molar-refractivity contribution in [1.29, 1.82) is 0 Å². The highest BCUT2D eigenvalue weighted by Gasteiger charge is 2.04. The number of fused-ring (bicyclic) bond motifs is 1. The summed E-state index contributed by atoms with van der Waals surface area (Å²) in [6.07, 6.45) is 3.69. The van der Waals surface area contributed by atoms with E-state index in [0.717, 1.165) is 21.4 Å². The highest BCUT2D eigenvalue weighted by atomic mass is 79.9. The second-order valence-electron chi connectivity index (χ2n) is 3.45. The van der Waals surface area contributed by atoms with Crippen LogP contribution in [0.3, 0.4) is 0 Å². The van der Waals surface area contributed by atoms with Gasteiger partial charge in [0.05, 0.1) is 17.0 Å². The molecule has 0 unspecified atom stereocenters. The molecule has 3 nitrogen and oxygen atoms in total. The van der Waals surface area contributed by atoms with Crippen molar-refractivity contribution in [3.63, 3.8) is 0 Å². The Bertz CT molecular complexity index is 639. The van der Waals surface area contributed by atoms with E-state index in [1.165, 1.54) is 5.52 Å². The van der Waals surface area contributed by atoms with Crippen LogP contribution in [0.4, 0.5) is 0 Å². The van der Waals surface area contributed by atoms with Crippen molar-refractivity contribution < 1.29 is 0 Å². The Morgan fingerprint density at radius 1 is 1.21 bits per heavy atom. The number of aromatic nitrogens is 3. The Morgan fingerprint density at radius 3 is 2.79 bits per heavy atom. The summed E-state index contributed by atoms with van der Waals surface area (Å²) in [7, 11) is 0. The number of halogens is 3. The molecule has 0 amide bonds. The van der Waals surface area contributed by atoms with Crippen molar-refractivity contribution in [1.82, 2.24) is 13.9 Å². The van der Waals surface area contributed by atoms with Crippen molar-refractivity contribution >= 4 is 75.1 Å². The first-order chi connectivity index (χ1) is 8.33. The summed E-state index contributed by atoms with van der Waals surface area (Å²) in [4.78, 5) is 8.68. The Kier molecular flexibility index (Phi) is 6.62. The normalized spacial score (nSPS) is 9.95. The molecule has 8 heteroatoms. The van der Waals surface area contributed by atoms with Gasteiger partial charge in [0.1, 0.15) is 11.8 Å². The van der Waals surface area contributed by atoms with Crippen molar-refractivity contribution in [2.24, 2.45) is 0 Å². The predicted molar refractivity (Wildman–Crippen MR) is 90.7 cm³/mol. The van der Waals surface area contributed by atoms with Crippen molar-refractivity contribution in [2.75, 3.05) is 0 Å². The summed E-state index contributed by atoms with van der Waals surface area (Å²) in [5, 5.41) is 4.18. The minimum absolute atomic E-state index is 0. The summed E-state index contributed by atoms with van der Waals surface area (Å²) in [5.41, 5.74) is 3.30. The average Bonchev–Trinajstić information content (AvgIpc) is 2.91. The maximum absolute atomic E-state index is 4.35. The molecule has 0 bridgehead atoms. The summed E-state index contributed by atoms with van der Waals surface area (Å²) in [6.45, 7) is 0. The van der Waals surface area contributed by atoms with Gasteiger partial charge in [0.2, 0.25) is 0 Å². The van der Waals surface area contributed by atoms with E-state index in [4.69, 9.17) is 0 Å². The van der Waals surface area contributed by atoms with E-state index in [9.17, 15) is 0 Å². The van der Waals surface area contributed by atoms with Crippen LogP contribution >= 0.6 is 64.0 Å². The molecule has 0 radical (unpaired) electrons. The fourth-order valence-electron chi connectivity index (χ4n) is 1.45. The molecule has 102 valence electrons. The van der Waals surface area contributed by atoms with Gasteiger partial charge in [0.25, 0.3) is 0 Å². The number of nitrogens with zero attached hydrogens (tertiary/aromatic N) is 3. The quantitative estimate of drug-likeness (QED) is 0.635. The van der Waals surface area contributed by atoms with Gasteiger partial charge in [-0.1, -0.05) is 0 Å². The summed E-state index contributed by atoms with van der Waals surface area (Å²) >= 11 is 6.76. The Labute approximate surface area is 139 Å². The van der Waals surface area contributed by atoms with Crippen LogP contribution in [0.5, 0.6) is 0 Å². The van der Waals surface area contributed by atoms with Gasteiger partial charge in [-0.25, -0.2) is 4.98 Å². The van der Waals surface area contributed by atoms with E-state index >= 15 is 0 Å². The van der Waals surface area contributed by atoms with Crippen molar-refractivity contribution in [3.8, 4) is 0 Å². The molecular weight excluding hydrogens is 389 g/mol. The topological polar surface area (TPSA) is 30.7 Å². The Hall–Kier alpha value is -0.270.